The van der Waals surface area contributed by atoms with Gasteiger partial charge in [0.2, 0.25) is 0 Å². The topological polar surface area (TPSA) is 0 Å². The van der Waals surface area contributed by atoms with E-state index in [9.17, 15) is 8.78 Å². The van der Waals surface area contributed by atoms with Gasteiger partial charge in [-0.2, -0.15) is 0 Å². The lowest BCUT2D eigenvalue weighted by Gasteiger charge is -2.04. The first kappa shape index (κ1) is 8.95. The molecule has 2 atom stereocenters. The molecule has 2 fully saturated rings. The van der Waals surface area contributed by atoms with Gasteiger partial charge in [0.25, 0.3) is 5.92 Å². The summed E-state index contributed by atoms with van der Waals surface area (Å²) in [7, 11) is 0. The van der Waals surface area contributed by atoms with Crippen LogP contribution in [0.25, 0.3) is 0 Å². The highest BCUT2D eigenvalue weighted by Gasteiger charge is 2.78. The Morgan fingerprint density at radius 1 is 1.27 bits per heavy atom. The van der Waals surface area contributed by atoms with Crippen molar-refractivity contribution in [2.45, 2.75) is 46.0 Å². The SMILES string of the molecule is CC.CC12CCCC1C2(F)F. The van der Waals surface area contributed by atoms with Crippen molar-refractivity contribution < 1.29 is 8.78 Å². The fraction of sp³-hybridized carbons (Fsp3) is 1.00. The molecule has 0 amide bonds. The highest BCUT2D eigenvalue weighted by molar-refractivity contribution is 5.18. The van der Waals surface area contributed by atoms with Gasteiger partial charge in [-0.05, 0) is 12.8 Å². The first-order chi connectivity index (χ1) is 5.09. The van der Waals surface area contributed by atoms with Crippen LogP contribution in [-0.4, -0.2) is 5.92 Å². The van der Waals surface area contributed by atoms with Crippen molar-refractivity contribution in [2.24, 2.45) is 11.3 Å². The van der Waals surface area contributed by atoms with Gasteiger partial charge in [0.15, 0.2) is 0 Å². The molecule has 0 N–H and O–H groups in total. The predicted molar refractivity (Wildman–Crippen MR) is 41.7 cm³/mol. The molecular formula is C9H16F2. The number of hydrogen-bond donors (Lipinski definition) is 0. The molecule has 0 aromatic heterocycles. The van der Waals surface area contributed by atoms with Crippen LogP contribution in [0.5, 0.6) is 0 Å². The maximum absolute atomic E-state index is 12.6. The van der Waals surface area contributed by atoms with Gasteiger partial charge < -0.3 is 0 Å². The smallest absolute Gasteiger partial charge is 0.206 e. The quantitative estimate of drug-likeness (QED) is 0.511. The zero-order valence-electron chi connectivity index (χ0n) is 7.45. The van der Waals surface area contributed by atoms with E-state index in [2.05, 4.69) is 0 Å². The first-order valence-electron chi connectivity index (χ1n) is 4.47. The van der Waals surface area contributed by atoms with Crippen LogP contribution in [0.4, 0.5) is 8.78 Å². The van der Waals surface area contributed by atoms with Crippen LogP contribution in [-0.2, 0) is 0 Å². The standard InChI is InChI=1S/C7H10F2.C2H6/c1-6-4-2-3-5(6)7(6,8)9;1-2/h5H,2-4H2,1H3;1-2H3. The van der Waals surface area contributed by atoms with Crippen LogP contribution in [0.15, 0.2) is 0 Å². The lowest BCUT2D eigenvalue weighted by molar-refractivity contribution is 0.0498. The van der Waals surface area contributed by atoms with Crippen LogP contribution in [0.2, 0.25) is 0 Å². The fourth-order valence-electron chi connectivity index (χ4n) is 2.19. The third kappa shape index (κ3) is 0.911. The third-order valence-electron chi connectivity index (χ3n) is 3.07. The maximum atomic E-state index is 12.6. The second-order valence-corrected chi connectivity index (χ2v) is 3.49. The molecule has 2 aliphatic rings. The van der Waals surface area contributed by atoms with Gasteiger partial charge in [0.1, 0.15) is 0 Å². The molecule has 0 saturated heterocycles. The van der Waals surface area contributed by atoms with Crippen molar-refractivity contribution in [2.75, 3.05) is 0 Å². The predicted octanol–water partition coefficient (Wildman–Crippen LogP) is 3.47. The van der Waals surface area contributed by atoms with Crippen LogP contribution in [0.1, 0.15) is 40.0 Å². The van der Waals surface area contributed by atoms with Crippen molar-refractivity contribution >= 4 is 0 Å². The summed E-state index contributed by atoms with van der Waals surface area (Å²) >= 11 is 0. The van der Waals surface area contributed by atoms with Crippen LogP contribution in [0, 0.1) is 11.3 Å². The monoisotopic (exact) mass is 162 g/mol. The van der Waals surface area contributed by atoms with Crippen molar-refractivity contribution in [1.29, 1.82) is 0 Å². The molecule has 2 aliphatic carbocycles. The van der Waals surface area contributed by atoms with E-state index in [0.29, 0.717) is 0 Å². The van der Waals surface area contributed by atoms with Gasteiger partial charge in [0, 0.05) is 11.3 Å². The van der Waals surface area contributed by atoms with Gasteiger partial charge in [-0.1, -0.05) is 27.2 Å². The molecule has 2 unspecified atom stereocenters. The van der Waals surface area contributed by atoms with Crippen LogP contribution < -0.4 is 0 Å². The summed E-state index contributed by atoms with van der Waals surface area (Å²) in [5, 5.41) is 0. The van der Waals surface area contributed by atoms with E-state index in [4.69, 9.17) is 0 Å². The lowest BCUT2D eigenvalue weighted by Crippen LogP contribution is -2.06. The van der Waals surface area contributed by atoms with Gasteiger partial charge in [-0.3, -0.25) is 0 Å². The Morgan fingerprint density at radius 3 is 2.00 bits per heavy atom. The van der Waals surface area contributed by atoms with Gasteiger partial charge in [-0.15, -0.1) is 0 Å². The van der Waals surface area contributed by atoms with E-state index in [-0.39, 0.29) is 5.92 Å². The van der Waals surface area contributed by atoms with Gasteiger partial charge in [0.05, 0.1) is 0 Å². The summed E-state index contributed by atoms with van der Waals surface area (Å²) in [4.78, 5) is 0. The summed E-state index contributed by atoms with van der Waals surface area (Å²) in [6, 6.07) is 0. The molecule has 2 heteroatoms. The molecular weight excluding hydrogens is 146 g/mol. The normalized spacial score (nSPS) is 43.9. The molecule has 0 aliphatic heterocycles. The number of fused-ring (bicyclic) bond motifs is 1. The van der Waals surface area contributed by atoms with E-state index in [1.54, 1.807) is 6.92 Å². The summed E-state index contributed by atoms with van der Waals surface area (Å²) in [5.74, 6) is -2.56. The third-order valence-corrected chi connectivity index (χ3v) is 3.07. The zero-order valence-corrected chi connectivity index (χ0v) is 7.45. The molecule has 0 spiro atoms. The first-order valence-corrected chi connectivity index (χ1v) is 4.47. The highest BCUT2D eigenvalue weighted by Crippen LogP contribution is 2.73. The molecule has 0 radical (unpaired) electrons. The largest absolute Gasteiger partial charge is 0.257 e. The minimum Gasteiger partial charge on any atom is -0.206 e. The van der Waals surface area contributed by atoms with Crippen molar-refractivity contribution in [3.63, 3.8) is 0 Å². The molecule has 2 rings (SSSR count). The minimum absolute atomic E-state index is 0.259. The number of alkyl halides is 2. The van der Waals surface area contributed by atoms with Gasteiger partial charge in [-0.25, -0.2) is 8.78 Å². The Bertz CT molecular complexity index is 154. The zero-order chi connectivity index (χ0) is 8.70. The Labute approximate surface area is 67.0 Å². The van der Waals surface area contributed by atoms with Crippen molar-refractivity contribution in [3.8, 4) is 0 Å². The van der Waals surface area contributed by atoms with E-state index >= 15 is 0 Å². The van der Waals surface area contributed by atoms with Crippen LogP contribution >= 0.6 is 0 Å². The molecule has 0 heterocycles. The summed E-state index contributed by atoms with van der Waals surface area (Å²) in [6.45, 7) is 5.71. The Balaban J connectivity index is 0.000000281. The summed E-state index contributed by atoms with van der Waals surface area (Å²) < 4.78 is 25.3. The number of hydrogen-bond acceptors (Lipinski definition) is 0. The molecule has 0 bridgehead atoms. The minimum atomic E-state index is -2.30. The summed E-state index contributed by atoms with van der Waals surface area (Å²) in [6.07, 6.45) is 2.50. The van der Waals surface area contributed by atoms with E-state index in [0.717, 1.165) is 19.3 Å². The highest BCUT2D eigenvalue weighted by atomic mass is 19.3. The van der Waals surface area contributed by atoms with Gasteiger partial charge >= 0.3 is 0 Å². The molecule has 11 heavy (non-hydrogen) atoms. The summed E-state index contributed by atoms with van der Waals surface area (Å²) in [5.41, 5.74) is -0.576. The second kappa shape index (κ2) is 2.43. The van der Waals surface area contributed by atoms with E-state index in [1.165, 1.54) is 0 Å². The fourth-order valence-corrected chi connectivity index (χ4v) is 2.19. The molecule has 0 aromatic carbocycles. The Kier molecular flexibility index (Phi) is 1.97. The number of halogens is 2. The average molecular weight is 162 g/mol. The van der Waals surface area contributed by atoms with Crippen molar-refractivity contribution in [1.82, 2.24) is 0 Å². The van der Waals surface area contributed by atoms with E-state index < -0.39 is 11.3 Å². The molecule has 0 aromatic rings. The van der Waals surface area contributed by atoms with Crippen LogP contribution in [0.3, 0.4) is 0 Å². The lowest BCUT2D eigenvalue weighted by atomic mass is 10.1. The molecule has 2 saturated carbocycles. The Hall–Kier alpha value is -0.140. The number of rotatable bonds is 0. The molecule has 0 nitrogen and oxygen atoms in total. The molecule has 66 valence electrons. The average Bonchev–Trinajstić information content (AvgIpc) is 2.39. The second-order valence-electron chi connectivity index (χ2n) is 3.49. The maximum Gasteiger partial charge on any atom is 0.257 e. The van der Waals surface area contributed by atoms with Crippen molar-refractivity contribution in [3.05, 3.63) is 0 Å². The van der Waals surface area contributed by atoms with E-state index in [1.807, 2.05) is 13.8 Å². The Morgan fingerprint density at radius 2 is 1.82 bits per heavy atom.